The van der Waals surface area contributed by atoms with Gasteiger partial charge in [0.2, 0.25) is 21.8 Å². The van der Waals surface area contributed by atoms with Gasteiger partial charge in [0.15, 0.2) is 0 Å². The van der Waals surface area contributed by atoms with Crippen LogP contribution in [0.25, 0.3) is 0 Å². The van der Waals surface area contributed by atoms with Crippen molar-refractivity contribution in [3.05, 3.63) is 63.9 Å². The molecule has 0 aliphatic heterocycles. The number of hydrogen-bond acceptors (Lipinski definition) is 4. The van der Waals surface area contributed by atoms with E-state index in [0.717, 1.165) is 48.4 Å². The fourth-order valence-electron chi connectivity index (χ4n) is 4.36. The molecule has 36 heavy (non-hydrogen) atoms. The van der Waals surface area contributed by atoms with Crippen LogP contribution >= 0.6 is 23.2 Å². The molecule has 0 spiro atoms. The summed E-state index contributed by atoms with van der Waals surface area (Å²) >= 11 is 12.7. The first-order valence-electron chi connectivity index (χ1n) is 11.8. The molecule has 1 aliphatic carbocycles. The Morgan fingerprint density at radius 1 is 1.08 bits per heavy atom. The van der Waals surface area contributed by atoms with E-state index in [2.05, 4.69) is 5.32 Å². The van der Waals surface area contributed by atoms with Gasteiger partial charge in [-0.1, -0.05) is 49.0 Å². The molecule has 1 saturated carbocycles. The van der Waals surface area contributed by atoms with E-state index >= 15 is 0 Å². The van der Waals surface area contributed by atoms with Crippen LogP contribution in [-0.2, 0) is 26.2 Å². The van der Waals surface area contributed by atoms with Crippen LogP contribution in [0.15, 0.2) is 42.5 Å². The van der Waals surface area contributed by atoms with Gasteiger partial charge in [0.1, 0.15) is 18.4 Å². The van der Waals surface area contributed by atoms with E-state index in [0.29, 0.717) is 22.0 Å². The highest BCUT2D eigenvalue weighted by molar-refractivity contribution is 7.92. The van der Waals surface area contributed by atoms with Crippen molar-refractivity contribution in [2.24, 2.45) is 0 Å². The topological polar surface area (TPSA) is 86.8 Å². The van der Waals surface area contributed by atoms with Crippen LogP contribution in [-0.4, -0.2) is 50.0 Å². The molecule has 1 N–H and O–H groups in total. The van der Waals surface area contributed by atoms with Crippen molar-refractivity contribution in [2.75, 3.05) is 17.1 Å². The second kappa shape index (κ2) is 12.3. The molecule has 1 unspecified atom stereocenters. The number of rotatable bonds is 10. The van der Waals surface area contributed by atoms with Crippen LogP contribution < -0.4 is 9.62 Å². The average Bonchev–Trinajstić information content (AvgIpc) is 3.32. The van der Waals surface area contributed by atoms with Crippen molar-refractivity contribution in [1.29, 1.82) is 0 Å². The summed E-state index contributed by atoms with van der Waals surface area (Å²) in [5.74, 6) is -1.47. The Morgan fingerprint density at radius 3 is 2.19 bits per heavy atom. The summed E-state index contributed by atoms with van der Waals surface area (Å²) in [6, 6.07) is 8.89. The normalized spacial score (nSPS) is 14.9. The number of sulfonamides is 1. The standard InChI is InChI=1S/C25H30Cl2FN3O4S/c1-3-23(25(33)29-18-7-4-5-8-18)30(15-20-21(26)9-6-10-22(20)27)24(32)16-31(36(2,34)35)19-13-11-17(28)12-14-19/h6,9-14,18,23H,3-5,7-8,15-16H2,1-2H3,(H,29,33). The van der Waals surface area contributed by atoms with Gasteiger partial charge in [-0.05, 0) is 55.7 Å². The maximum absolute atomic E-state index is 13.7. The van der Waals surface area contributed by atoms with Gasteiger partial charge in [-0.2, -0.15) is 0 Å². The van der Waals surface area contributed by atoms with Gasteiger partial charge in [-0.15, -0.1) is 0 Å². The summed E-state index contributed by atoms with van der Waals surface area (Å²) in [4.78, 5) is 28.3. The van der Waals surface area contributed by atoms with Gasteiger partial charge >= 0.3 is 0 Å². The number of nitrogens with one attached hydrogen (secondary N) is 1. The summed E-state index contributed by atoms with van der Waals surface area (Å²) in [6.07, 6.45) is 5.06. The molecule has 196 valence electrons. The van der Waals surface area contributed by atoms with E-state index < -0.39 is 34.3 Å². The maximum Gasteiger partial charge on any atom is 0.244 e. The van der Waals surface area contributed by atoms with Crippen molar-refractivity contribution in [3.8, 4) is 0 Å². The van der Waals surface area contributed by atoms with Crippen LogP contribution in [0.5, 0.6) is 0 Å². The van der Waals surface area contributed by atoms with Gasteiger partial charge in [0.05, 0.1) is 11.9 Å². The lowest BCUT2D eigenvalue weighted by atomic mass is 10.1. The second-order valence-corrected chi connectivity index (χ2v) is 11.6. The minimum Gasteiger partial charge on any atom is -0.352 e. The largest absolute Gasteiger partial charge is 0.352 e. The molecular weight excluding hydrogens is 528 g/mol. The lowest BCUT2D eigenvalue weighted by Gasteiger charge is -2.33. The quantitative estimate of drug-likeness (QED) is 0.456. The predicted molar refractivity (Wildman–Crippen MR) is 140 cm³/mol. The van der Waals surface area contributed by atoms with Crippen LogP contribution in [0.2, 0.25) is 10.0 Å². The summed E-state index contributed by atoms with van der Waals surface area (Å²) in [7, 11) is -3.91. The van der Waals surface area contributed by atoms with Crippen molar-refractivity contribution in [1.82, 2.24) is 10.2 Å². The number of nitrogens with zero attached hydrogens (tertiary/aromatic N) is 2. The lowest BCUT2D eigenvalue weighted by Crippen LogP contribution is -2.53. The zero-order chi connectivity index (χ0) is 26.5. The molecule has 0 bridgehead atoms. The Kier molecular flexibility index (Phi) is 9.60. The lowest BCUT2D eigenvalue weighted by molar-refractivity contribution is -0.140. The molecule has 11 heteroatoms. The molecule has 1 fully saturated rings. The van der Waals surface area contributed by atoms with Gasteiger partial charge in [-0.3, -0.25) is 13.9 Å². The third-order valence-electron chi connectivity index (χ3n) is 6.27. The number of carbonyl (C=O) groups is 2. The molecule has 0 aromatic heterocycles. The first-order chi connectivity index (χ1) is 17.0. The van der Waals surface area contributed by atoms with Crippen LogP contribution in [0.4, 0.5) is 10.1 Å². The number of anilines is 1. The highest BCUT2D eigenvalue weighted by Gasteiger charge is 2.33. The number of carbonyl (C=O) groups excluding carboxylic acids is 2. The summed E-state index contributed by atoms with van der Waals surface area (Å²) in [6.45, 7) is 1.11. The van der Waals surface area contributed by atoms with Crippen LogP contribution in [0.3, 0.4) is 0 Å². The van der Waals surface area contributed by atoms with Gasteiger partial charge < -0.3 is 10.2 Å². The van der Waals surface area contributed by atoms with E-state index in [-0.39, 0.29) is 24.2 Å². The predicted octanol–water partition coefficient (Wildman–Crippen LogP) is 4.76. The minimum atomic E-state index is -3.91. The number of benzene rings is 2. The molecule has 7 nitrogen and oxygen atoms in total. The van der Waals surface area contributed by atoms with Gasteiger partial charge in [0.25, 0.3) is 0 Å². The second-order valence-electron chi connectivity index (χ2n) is 8.88. The Morgan fingerprint density at radius 2 is 1.67 bits per heavy atom. The number of amides is 2. The first-order valence-corrected chi connectivity index (χ1v) is 14.4. The van der Waals surface area contributed by atoms with E-state index in [9.17, 15) is 22.4 Å². The van der Waals surface area contributed by atoms with Crippen LogP contribution in [0.1, 0.15) is 44.6 Å². The molecule has 0 heterocycles. The monoisotopic (exact) mass is 557 g/mol. The molecule has 3 rings (SSSR count). The van der Waals surface area contributed by atoms with E-state index in [1.807, 2.05) is 0 Å². The van der Waals surface area contributed by atoms with Crippen molar-refractivity contribution in [3.63, 3.8) is 0 Å². The zero-order valence-electron chi connectivity index (χ0n) is 20.2. The van der Waals surface area contributed by atoms with Crippen molar-refractivity contribution in [2.45, 2.75) is 57.7 Å². The van der Waals surface area contributed by atoms with Crippen molar-refractivity contribution < 1.29 is 22.4 Å². The highest BCUT2D eigenvalue weighted by Crippen LogP contribution is 2.28. The zero-order valence-corrected chi connectivity index (χ0v) is 22.5. The molecule has 2 aromatic carbocycles. The van der Waals surface area contributed by atoms with Gasteiger partial charge in [0, 0.05) is 28.2 Å². The maximum atomic E-state index is 13.7. The molecule has 1 aliphatic rings. The molecule has 2 aromatic rings. The molecule has 2 amide bonds. The fraction of sp³-hybridized carbons (Fsp3) is 0.440. The van der Waals surface area contributed by atoms with Crippen LogP contribution in [0, 0.1) is 5.82 Å². The molecular formula is C25H30Cl2FN3O4S. The number of halogens is 3. The SMILES string of the molecule is CCC(C(=O)NC1CCCC1)N(Cc1c(Cl)cccc1Cl)C(=O)CN(c1ccc(F)cc1)S(C)(=O)=O. The smallest absolute Gasteiger partial charge is 0.244 e. The summed E-state index contributed by atoms with van der Waals surface area (Å²) in [5.41, 5.74) is 0.584. The Balaban J connectivity index is 1.96. The van der Waals surface area contributed by atoms with Crippen molar-refractivity contribution >= 4 is 50.7 Å². The Bertz CT molecular complexity index is 1170. The Labute approximate surface area is 221 Å². The number of hydrogen-bond donors (Lipinski definition) is 1. The highest BCUT2D eigenvalue weighted by atomic mass is 35.5. The van der Waals surface area contributed by atoms with E-state index in [4.69, 9.17) is 23.2 Å². The molecule has 0 saturated heterocycles. The fourth-order valence-corrected chi connectivity index (χ4v) is 5.73. The van der Waals surface area contributed by atoms with E-state index in [1.165, 1.54) is 17.0 Å². The first kappa shape index (κ1) is 28.2. The third-order valence-corrected chi connectivity index (χ3v) is 8.12. The summed E-state index contributed by atoms with van der Waals surface area (Å²) in [5, 5.41) is 3.68. The minimum absolute atomic E-state index is 0.0409. The Hall–Kier alpha value is -2.36. The molecule has 0 radical (unpaired) electrons. The van der Waals surface area contributed by atoms with E-state index in [1.54, 1.807) is 25.1 Å². The average molecular weight is 559 g/mol. The van der Waals surface area contributed by atoms with Gasteiger partial charge in [-0.25, -0.2) is 12.8 Å². The molecule has 1 atom stereocenters. The summed E-state index contributed by atoms with van der Waals surface area (Å²) < 4.78 is 39.5. The third kappa shape index (κ3) is 7.11.